The summed E-state index contributed by atoms with van der Waals surface area (Å²) in [4.78, 5) is 4.38. The van der Waals surface area contributed by atoms with E-state index in [1.165, 1.54) is 0 Å². The molecule has 0 unspecified atom stereocenters. The number of halogens is 1. The van der Waals surface area contributed by atoms with Crippen molar-refractivity contribution in [1.82, 2.24) is 10.3 Å². The maximum absolute atomic E-state index is 5.79. The van der Waals surface area contributed by atoms with Crippen molar-refractivity contribution < 1.29 is 4.74 Å². The van der Waals surface area contributed by atoms with E-state index in [1.54, 1.807) is 0 Å². The molecule has 3 nitrogen and oxygen atoms in total. The molecule has 0 radical (unpaired) electrons. The molecule has 0 aliphatic heterocycles. The predicted molar refractivity (Wildman–Crippen MR) is 76.0 cm³/mol. The SMILES string of the molecule is CNCc1cc(C)nc(Oc2ccccc2Br)c1. The summed E-state index contributed by atoms with van der Waals surface area (Å²) in [5.74, 6) is 1.39. The molecule has 1 aromatic carbocycles. The molecule has 0 bridgehead atoms. The summed E-state index contributed by atoms with van der Waals surface area (Å²) in [6.45, 7) is 2.77. The summed E-state index contributed by atoms with van der Waals surface area (Å²) >= 11 is 3.46. The van der Waals surface area contributed by atoms with Gasteiger partial charge in [-0.1, -0.05) is 12.1 Å². The van der Waals surface area contributed by atoms with Crippen LogP contribution in [-0.4, -0.2) is 12.0 Å². The summed E-state index contributed by atoms with van der Waals surface area (Å²) < 4.78 is 6.71. The molecular weight excluding hydrogens is 292 g/mol. The summed E-state index contributed by atoms with van der Waals surface area (Å²) in [5.41, 5.74) is 2.11. The Hall–Kier alpha value is -1.39. The molecule has 1 N–H and O–H groups in total. The minimum atomic E-state index is 0.618. The van der Waals surface area contributed by atoms with Crippen LogP contribution < -0.4 is 10.1 Å². The first-order valence-corrected chi connectivity index (χ1v) is 6.53. The first kappa shape index (κ1) is 13.1. The fourth-order valence-electron chi connectivity index (χ4n) is 1.71. The second kappa shape index (κ2) is 5.98. The van der Waals surface area contributed by atoms with Gasteiger partial charge in [0.25, 0.3) is 0 Å². The largest absolute Gasteiger partial charge is 0.438 e. The van der Waals surface area contributed by atoms with Gasteiger partial charge in [0.05, 0.1) is 4.47 Å². The Labute approximate surface area is 115 Å². The van der Waals surface area contributed by atoms with Gasteiger partial charge in [0, 0.05) is 18.3 Å². The standard InChI is InChI=1S/C14H15BrN2O/c1-10-7-11(9-16-2)8-14(17-10)18-13-6-4-3-5-12(13)15/h3-8,16H,9H2,1-2H3. The van der Waals surface area contributed by atoms with Gasteiger partial charge in [-0.05, 0) is 53.7 Å². The van der Waals surface area contributed by atoms with Crippen molar-refractivity contribution in [2.45, 2.75) is 13.5 Å². The molecule has 0 spiro atoms. The van der Waals surface area contributed by atoms with Gasteiger partial charge >= 0.3 is 0 Å². The predicted octanol–water partition coefficient (Wildman–Crippen LogP) is 3.66. The van der Waals surface area contributed by atoms with Crippen molar-refractivity contribution in [3.05, 3.63) is 52.1 Å². The first-order valence-electron chi connectivity index (χ1n) is 5.73. The van der Waals surface area contributed by atoms with E-state index < -0.39 is 0 Å². The number of aryl methyl sites for hydroxylation is 1. The zero-order valence-electron chi connectivity index (χ0n) is 10.4. The van der Waals surface area contributed by atoms with E-state index in [4.69, 9.17) is 4.74 Å². The lowest BCUT2D eigenvalue weighted by molar-refractivity contribution is 0.458. The summed E-state index contributed by atoms with van der Waals surface area (Å²) in [7, 11) is 1.92. The number of aromatic nitrogens is 1. The van der Waals surface area contributed by atoms with Crippen molar-refractivity contribution in [1.29, 1.82) is 0 Å². The maximum Gasteiger partial charge on any atom is 0.219 e. The van der Waals surface area contributed by atoms with E-state index >= 15 is 0 Å². The quantitative estimate of drug-likeness (QED) is 0.936. The van der Waals surface area contributed by atoms with E-state index in [-0.39, 0.29) is 0 Å². The Bertz CT molecular complexity index is 543. The van der Waals surface area contributed by atoms with Gasteiger partial charge in [-0.25, -0.2) is 4.98 Å². The van der Waals surface area contributed by atoms with Crippen LogP contribution in [0.5, 0.6) is 11.6 Å². The minimum Gasteiger partial charge on any atom is -0.438 e. The summed E-state index contributed by atoms with van der Waals surface area (Å²) in [6.07, 6.45) is 0. The highest BCUT2D eigenvalue weighted by atomic mass is 79.9. The third kappa shape index (κ3) is 3.31. The molecule has 0 saturated heterocycles. The third-order valence-corrected chi connectivity index (χ3v) is 3.08. The number of pyridine rings is 1. The molecule has 2 aromatic rings. The second-order valence-corrected chi connectivity index (χ2v) is 4.87. The number of benzene rings is 1. The smallest absolute Gasteiger partial charge is 0.219 e. The van der Waals surface area contributed by atoms with Gasteiger partial charge in [-0.15, -0.1) is 0 Å². The lowest BCUT2D eigenvalue weighted by atomic mass is 10.2. The van der Waals surface area contributed by atoms with Crippen LogP contribution in [0.25, 0.3) is 0 Å². The average Bonchev–Trinajstić information content (AvgIpc) is 2.32. The molecule has 0 atom stereocenters. The molecule has 4 heteroatoms. The Balaban J connectivity index is 2.26. The second-order valence-electron chi connectivity index (χ2n) is 4.02. The van der Waals surface area contributed by atoms with E-state index in [2.05, 4.69) is 26.2 Å². The van der Waals surface area contributed by atoms with Crippen molar-refractivity contribution in [3.63, 3.8) is 0 Å². The zero-order chi connectivity index (χ0) is 13.0. The fraction of sp³-hybridized carbons (Fsp3) is 0.214. The molecule has 1 aromatic heterocycles. The fourth-order valence-corrected chi connectivity index (χ4v) is 2.07. The van der Waals surface area contributed by atoms with Crippen LogP contribution >= 0.6 is 15.9 Å². The number of nitrogens with zero attached hydrogens (tertiary/aromatic N) is 1. The van der Waals surface area contributed by atoms with Gasteiger partial charge in [-0.3, -0.25) is 0 Å². The number of hydrogen-bond donors (Lipinski definition) is 1. The number of rotatable bonds is 4. The minimum absolute atomic E-state index is 0.618. The number of hydrogen-bond acceptors (Lipinski definition) is 3. The lowest BCUT2D eigenvalue weighted by Crippen LogP contribution is -2.06. The van der Waals surface area contributed by atoms with Crippen molar-refractivity contribution in [2.75, 3.05) is 7.05 Å². The summed E-state index contributed by atoms with van der Waals surface area (Å²) in [6, 6.07) is 11.7. The highest BCUT2D eigenvalue weighted by Crippen LogP contribution is 2.28. The Morgan fingerprint density at radius 2 is 2.06 bits per heavy atom. The molecule has 1 heterocycles. The van der Waals surface area contributed by atoms with Crippen LogP contribution in [0.1, 0.15) is 11.3 Å². The molecule has 2 rings (SSSR count). The lowest BCUT2D eigenvalue weighted by Gasteiger charge is -2.09. The maximum atomic E-state index is 5.79. The van der Waals surface area contributed by atoms with Crippen molar-refractivity contribution in [2.24, 2.45) is 0 Å². The normalized spacial score (nSPS) is 10.4. The Kier molecular flexibility index (Phi) is 4.33. The van der Waals surface area contributed by atoms with Crippen molar-refractivity contribution >= 4 is 15.9 Å². The van der Waals surface area contributed by atoms with Crippen LogP contribution in [0.4, 0.5) is 0 Å². The summed E-state index contributed by atoms with van der Waals surface area (Å²) in [5, 5.41) is 3.12. The molecule has 0 aliphatic carbocycles. The van der Waals surface area contributed by atoms with Crippen LogP contribution in [0.2, 0.25) is 0 Å². The van der Waals surface area contributed by atoms with Gasteiger partial charge in [0.2, 0.25) is 5.88 Å². The van der Waals surface area contributed by atoms with E-state index in [9.17, 15) is 0 Å². The zero-order valence-corrected chi connectivity index (χ0v) is 12.0. The first-order chi connectivity index (χ1) is 8.69. The molecule has 94 valence electrons. The molecule has 0 aliphatic rings. The Morgan fingerprint density at radius 1 is 1.28 bits per heavy atom. The molecule has 0 amide bonds. The van der Waals surface area contributed by atoms with Gasteiger partial charge in [0.15, 0.2) is 0 Å². The van der Waals surface area contributed by atoms with Crippen molar-refractivity contribution in [3.8, 4) is 11.6 Å². The molecule has 0 fully saturated rings. The molecule has 0 saturated carbocycles. The molecule has 18 heavy (non-hydrogen) atoms. The molecular formula is C14H15BrN2O. The van der Waals surface area contributed by atoms with Gasteiger partial charge in [-0.2, -0.15) is 0 Å². The van der Waals surface area contributed by atoms with E-state index in [1.807, 2.05) is 50.4 Å². The Morgan fingerprint density at radius 3 is 2.78 bits per heavy atom. The van der Waals surface area contributed by atoms with Gasteiger partial charge in [0.1, 0.15) is 5.75 Å². The average molecular weight is 307 g/mol. The number of nitrogens with one attached hydrogen (secondary N) is 1. The highest BCUT2D eigenvalue weighted by molar-refractivity contribution is 9.10. The van der Waals surface area contributed by atoms with Crippen LogP contribution in [0, 0.1) is 6.92 Å². The third-order valence-electron chi connectivity index (χ3n) is 2.42. The monoisotopic (exact) mass is 306 g/mol. The van der Waals surface area contributed by atoms with Crippen LogP contribution in [0.15, 0.2) is 40.9 Å². The van der Waals surface area contributed by atoms with E-state index in [0.29, 0.717) is 5.88 Å². The van der Waals surface area contributed by atoms with Crippen LogP contribution in [0.3, 0.4) is 0 Å². The van der Waals surface area contributed by atoms with E-state index in [0.717, 1.165) is 28.0 Å². The van der Waals surface area contributed by atoms with Gasteiger partial charge < -0.3 is 10.1 Å². The topological polar surface area (TPSA) is 34.2 Å². The highest BCUT2D eigenvalue weighted by Gasteiger charge is 2.05. The number of para-hydroxylation sites is 1. The number of ether oxygens (including phenoxy) is 1. The van der Waals surface area contributed by atoms with Crippen LogP contribution in [-0.2, 0) is 6.54 Å².